The van der Waals surface area contributed by atoms with Gasteiger partial charge in [0.15, 0.2) is 5.78 Å². The van der Waals surface area contributed by atoms with Crippen LogP contribution in [-0.4, -0.2) is 17.5 Å². The first-order valence-corrected chi connectivity index (χ1v) is 5.77. The number of benzene rings is 1. The standard InChI is InChI=1S/C14H20O2/c1-10(2)11(3)8-12-4-6-13(7-5-12)14(16)9-15/h4-7,10-11,15H,8-9H2,1-3H3. The van der Waals surface area contributed by atoms with Crippen LogP contribution in [0.1, 0.15) is 36.7 Å². The summed E-state index contributed by atoms with van der Waals surface area (Å²) in [6, 6.07) is 7.53. The fraction of sp³-hybridized carbons (Fsp3) is 0.500. The number of carbonyl (C=O) groups is 1. The minimum atomic E-state index is -0.415. The average Bonchev–Trinajstić information content (AvgIpc) is 2.28. The summed E-state index contributed by atoms with van der Waals surface area (Å²) >= 11 is 0. The Morgan fingerprint density at radius 1 is 1.19 bits per heavy atom. The molecule has 0 spiro atoms. The van der Waals surface area contributed by atoms with Crippen molar-refractivity contribution in [3.63, 3.8) is 0 Å². The molecule has 1 aromatic rings. The molecule has 2 nitrogen and oxygen atoms in total. The Morgan fingerprint density at radius 3 is 2.19 bits per heavy atom. The average molecular weight is 220 g/mol. The van der Waals surface area contributed by atoms with Crippen LogP contribution >= 0.6 is 0 Å². The first kappa shape index (κ1) is 12.9. The highest BCUT2D eigenvalue weighted by molar-refractivity contribution is 5.96. The van der Waals surface area contributed by atoms with Gasteiger partial charge < -0.3 is 5.11 Å². The summed E-state index contributed by atoms with van der Waals surface area (Å²) < 4.78 is 0. The van der Waals surface area contributed by atoms with Crippen LogP contribution in [0, 0.1) is 11.8 Å². The smallest absolute Gasteiger partial charge is 0.188 e. The van der Waals surface area contributed by atoms with Gasteiger partial charge in [-0.25, -0.2) is 0 Å². The molecule has 16 heavy (non-hydrogen) atoms. The summed E-state index contributed by atoms with van der Waals surface area (Å²) in [5.41, 5.74) is 1.83. The van der Waals surface area contributed by atoms with Gasteiger partial charge in [0.05, 0.1) is 0 Å². The molecular weight excluding hydrogens is 200 g/mol. The molecule has 0 heterocycles. The lowest BCUT2D eigenvalue weighted by molar-refractivity contribution is 0.0903. The van der Waals surface area contributed by atoms with Crippen molar-refractivity contribution in [2.24, 2.45) is 11.8 Å². The van der Waals surface area contributed by atoms with Crippen LogP contribution in [-0.2, 0) is 6.42 Å². The maximum Gasteiger partial charge on any atom is 0.188 e. The maximum atomic E-state index is 11.2. The number of hydrogen-bond donors (Lipinski definition) is 1. The molecule has 1 unspecified atom stereocenters. The molecule has 0 bridgehead atoms. The normalized spacial score (nSPS) is 12.8. The van der Waals surface area contributed by atoms with E-state index in [1.165, 1.54) is 5.56 Å². The lowest BCUT2D eigenvalue weighted by atomic mass is 9.91. The van der Waals surface area contributed by atoms with Crippen molar-refractivity contribution in [2.75, 3.05) is 6.61 Å². The van der Waals surface area contributed by atoms with Gasteiger partial charge in [-0.2, -0.15) is 0 Å². The summed E-state index contributed by atoms with van der Waals surface area (Å²) in [4.78, 5) is 11.2. The minimum absolute atomic E-state index is 0.219. The lowest BCUT2D eigenvalue weighted by Gasteiger charge is -2.15. The van der Waals surface area contributed by atoms with Crippen molar-refractivity contribution in [2.45, 2.75) is 27.2 Å². The molecule has 0 fully saturated rings. The summed E-state index contributed by atoms with van der Waals surface area (Å²) in [6.45, 7) is 6.25. The van der Waals surface area contributed by atoms with Crippen molar-refractivity contribution in [1.29, 1.82) is 0 Å². The summed E-state index contributed by atoms with van der Waals surface area (Å²) in [5, 5.41) is 8.73. The zero-order chi connectivity index (χ0) is 12.1. The number of Topliss-reactive ketones (excluding diaryl/α,β-unsaturated/α-hetero) is 1. The summed E-state index contributed by atoms with van der Waals surface area (Å²) in [7, 11) is 0. The van der Waals surface area contributed by atoms with Crippen LogP contribution in [0.25, 0.3) is 0 Å². The van der Waals surface area contributed by atoms with Crippen LogP contribution < -0.4 is 0 Å². The van der Waals surface area contributed by atoms with E-state index >= 15 is 0 Å². The number of hydrogen-bond acceptors (Lipinski definition) is 2. The zero-order valence-electron chi connectivity index (χ0n) is 10.2. The van der Waals surface area contributed by atoms with Gasteiger partial charge in [-0.15, -0.1) is 0 Å². The van der Waals surface area contributed by atoms with Crippen LogP contribution in [0.2, 0.25) is 0 Å². The molecule has 0 aliphatic heterocycles. The van der Waals surface area contributed by atoms with Crippen molar-refractivity contribution >= 4 is 5.78 Å². The number of aliphatic hydroxyl groups excluding tert-OH is 1. The second-order valence-corrected chi connectivity index (χ2v) is 4.70. The molecule has 0 aliphatic carbocycles. The molecule has 0 aliphatic rings. The Bertz CT molecular complexity index is 338. The third-order valence-corrected chi connectivity index (χ3v) is 3.12. The van der Waals surface area contributed by atoms with Gasteiger partial charge in [-0.3, -0.25) is 4.79 Å². The molecule has 0 radical (unpaired) electrons. The van der Waals surface area contributed by atoms with E-state index in [0.29, 0.717) is 17.4 Å². The first-order chi connectivity index (χ1) is 7.54. The number of rotatable bonds is 5. The number of carbonyl (C=O) groups excluding carboxylic acids is 1. The highest BCUT2D eigenvalue weighted by Gasteiger charge is 2.09. The summed E-state index contributed by atoms with van der Waals surface area (Å²) in [6.07, 6.45) is 1.03. The molecule has 1 aromatic carbocycles. The molecule has 0 amide bonds. The van der Waals surface area contributed by atoms with Crippen LogP contribution in [0.4, 0.5) is 0 Å². The molecule has 2 heteroatoms. The molecule has 1 atom stereocenters. The van der Waals surface area contributed by atoms with Gasteiger partial charge in [0, 0.05) is 5.56 Å². The predicted octanol–water partition coefficient (Wildman–Crippen LogP) is 2.70. The Labute approximate surface area is 97.3 Å². The SMILES string of the molecule is CC(C)C(C)Cc1ccc(C(=O)CO)cc1. The van der Waals surface area contributed by atoms with E-state index in [1.807, 2.05) is 12.1 Å². The fourth-order valence-corrected chi connectivity index (χ4v) is 1.53. The first-order valence-electron chi connectivity index (χ1n) is 5.77. The van der Waals surface area contributed by atoms with Gasteiger partial charge in [0.1, 0.15) is 6.61 Å². The van der Waals surface area contributed by atoms with Crippen LogP contribution in [0.5, 0.6) is 0 Å². The van der Waals surface area contributed by atoms with E-state index in [0.717, 1.165) is 6.42 Å². The van der Waals surface area contributed by atoms with Crippen molar-refractivity contribution in [1.82, 2.24) is 0 Å². The van der Waals surface area contributed by atoms with Gasteiger partial charge in [0.2, 0.25) is 0 Å². The highest BCUT2D eigenvalue weighted by Crippen LogP contribution is 2.16. The molecule has 0 saturated heterocycles. The number of ketones is 1. The van der Waals surface area contributed by atoms with E-state index in [-0.39, 0.29) is 5.78 Å². The highest BCUT2D eigenvalue weighted by atomic mass is 16.3. The second kappa shape index (κ2) is 5.80. The van der Waals surface area contributed by atoms with Crippen molar-refractivity contribution < 1.29 is 9.90 Å². The van der Waals surface area contributed by atoms with Crippen LogP contribution in [0.15, 0.2) is 24.3 Å². The fourth-order valence-electron chi connectivity index (χ4n) is 1.53. The summed E-state index contributed by atoms with van der Waals surface area (Å²) in [5.74, 6) is 1.08. The monoisotopic (exact) mass is 220 g/mol. The Balaban J connectivity index is 2.68. The van der Waals surface area contributed by atoms with Gasteiger partial charge in [0.25, 0.3) is 0 Å². The van der Waals surface area contributed by atoms with E-state index in [4.69, 9.17) is 5.11 Å². The topological polar surface area (TPSA) is 37.3 Å². The third-order valence-electron chi connectivity index (χ3n) is 3.12. The van der Waals surface area contributed by atoms with E-state index < -0.39 is 6.61 Å². The molecule has 1 rings (SSSR count). The molecular formula is C14H20O2. The van der Waals surface area contributed by atoms with E-state index in [9.17, 15) is 4.79 Å². The van der Waals surface area contributed by atoms with E-state index in [2.05, 4.69) is 20.8 Å². The Morgan fingerprint density at radius 2 is 1.75 bits per heavy atom. The Kier molecular flexibility index (Phi) is 4.69. The third kappa shape index (κ3) is 3.46. The van der Waals surface area contributed by atoms with Crippen LogP contribution in [0.3, 0.4) is 0 Å². The minimum Gasteiger partial charge on any atom is -0.388 e. The predicted molar refractivity (Wildman–Crippen MR) is 65.6 cm³/mol. The van der Waals surface area contributed by atoms with Crippen molar-refractivity contribution in [3.05, 3.63) is 35.4 Å². The van der Waals surface area contributed by atoms with Gasteiger partial charge >= 0.3 is 0 Å². The molecule has 88 valence electrons. The number of aliphatic hydroxyl groups is 1. The second-order valence-electron chi connectivity index (χ2n) is 4.70. The molecule has 1 N–H and O–H groups in total. The maximum absolute atomic E-state index is 11.2. The van der Waals surface area contributed by atoms with Gasteiger partial charge in [-0.1, -0.05) is 45.0 Å². The van der Waals surface area contributed by atoms with Gasteiger partial charge in [-0.05, 0) is 23.8 Å². The largest absolute Gasteiger partial charge is 0.388 e. The Hall–Kier alpha value is -1.15. The van der Waals surface area contributed by atoms with E-state index in [1.54, 1.807) is 12.1 Å². The molecule has 0 aromatic heterocycles. The lowest BCUT2D eigenvalue weighted by Crippen LogP contribution is -2.08. The quantitative estimate of drug-likeness (QED) is 0.775. The molecule has 0 saturated carbocycles. The van der Waals surface area contributed by atoms with Crippen molar-refractivity contribution in [3.8, 4) is 0 Å². The zero-order valence-corrected chi connectivity index (χ0v) is 10.2.